The molecule has 1 amide bonds. The topological polar surface area (TPSA) is 66.9 Å². The molecule has 3 rings (SSSR count). The van der Waals surface area contributed by atoms with Gasteiger partial charge in [-0.25, -0.2) is 8.42 Å². The highest BCUT2D eigenvalue weighted by Crippen LogP contribution is 2.22. The van der Waals surface area contributed by atoms with Gasteiger partial charge in [-0.05, 0) is 48.4 Å². The Morgan fingerprint density at radius 1 is 1.10 bits per heavy atom. The quantitative estimate of drug-likeness (QED) is 0.667. The van der Waals surface area contributed by atoms with Crippen LogP contribution in [0.25, 0.3) is 0 Å². The minimum Gasteiger partial charge on any atom is -0.484 e. The van der Waals surface area contributed by atoms with Crippen LogP contribution in [0.15, 0.2) is 48.5 Å². The summed E-state index contributed by atoms with van der Waals surface area (Å²) in [5, 5.41) is 0.586. The number of hydrogen-bond donors (Lipinski definition) is 0. The van der Waals surface area contributed by atoms with E-state index in [-0.39, 0.29) is 30.1 Å². The normalized spacial score (nSPS) is 17.7. The van der Waals surface area contributed by atoms with Crippen molar-refractivity contribution in [3.8, 4) is 5.75 Å². The van der Waals surface area contributed by atoms with Crippen molar-refractivity contribution >= 4 is 33.0 Å². The molecule has 0 radical (unpaired) electrons. The van der Waals surface area contributed by atoms with Crippen molar-refractivity contribution in [3.05, 3.63) is 59.1 Å². The van der Waals surface area contributed by atoms with E-state index in [0.29, 0.717) is 23.7 Å². The number of carbonyl (C=O) groups is 1. The lowest BCUT2D eigenvalue weighted by Crippen LogP contribution is -2.43. The van der Waals surface area contributed by atoms with Crippen molar-refractivity contribution in [1.82, 2.24) is 4.90 Å². The second-order valence-electron chi connectivity index (χ2n) is 7.38. The van der Waals surface area contributed by atoms with Crippen LogP contribution < -0.4 is 9.64 Å². The summed E-state index contributed by atoms with van der Waals surface area (Å²) in [4.78, 5) is 16.6. The molecule has 0 aromatic heterocycles. The number of carbonyl (C=O) groups excluding carboxylic acids is 1. The van der Waals surface area contributed by atoms with Gasteiger partial charge in [-0.1, -0.05) is 23.7 Å². The van der Waals surface area contributed by atoms with Gasteiger partial charge >= 0.3 is 0 Å². The monoisotopic (exact) mass is 436 g/mol. The maximum atomic E-state index is 12.9. The minimum atomic E-state index is -3.11. The molecule has 1 atom stereocenters. The Morgan fingerprint density at radius 2 is 1.76 bits per heavy atom. The fraction of sp³-hybridized carbons (Fsp3) is 0.381. The molecule has 0 spiro atoms. The molecule has 0 saturated carbocycles. The molecule has 2 aromatic carbocycles. The van der Waals surface area contributed by atoms with Crippen LogP contribution in [-0.4, -0.2) is 57.5 Å². The van der Waals surface area contributed by atoms with Crippen LogP contribution in [0.2, 0.25) is 5.02 Å². The summed E-state index contributed by atoms with van der Waals surface area (Å²) >= 11 is 5.87. The molecule has 1 heterocycles. The minimum absolute atomic E-state index is 0.00450. The van der Waals surface area contributed by atoms with Crippen molar-refractivity contribution in [2.45, 2.75) is 19.0 Å². The number of hydrogen-bond acceptors (Lipinski definition) is 5. The summed E-state index contributed by atoms with van der Waals surface area (Å²) in [5.41, 5.74) is 2.00. The van der Waals surface area contributed by atoms with Gasteiger partial charge < -0.3 is 14.5 Å². The van der Waals surface area contributed by atoms with Crippen LogP contribution in [0.3, 0.4) is 0 Å². The van der Waals surface area contributed by atoms with Gasteiger partial charge in [-0.3, -0.25) is 4.79 Å². The van der Waals surface area contributed by atoms with Gasteiger partial charge in [0, 0.05) is 37.4 Å². The fourth-order valence-electron chi connectivity index (χ4n) is 3.30. The first-order chi connectivity index (χ1) is 13.7. The van der Waals surface area contributed by atoms with Gasteiger partial charge in [0.15, 0.2) is 16.4 Å². The van der Waals surface area contributed by atoms with E-state index < -0.39 is 9.84 Å². The molecule has 0 unspecified atom stereocenters. The Hall–Kier alpha value is -2.25. The zero-order valence-electron chi connectivity index (χ0n) is 16.5. The van der Waals surface area contributed by atoms with E-state index in [9.17, 15) is 13.2 Å². The van der Waals surface area contributed by atoms with Gasteiger partial charge in [0.2, 0.25) is 0 Å². The van der Waals surface area contributed by atoms with E-state index in [1.807, 2.05) is 43.3 Å². The third kappa shape index (κ3) is 5.87. The molecule has 6 nitrogen and oxygen atoms in total. The fourth-order valence-corrected chi connectivity index (χ4v) is 5.15. The van der Waals surface area contributed by atoms with Gasteiger partial charge in [0.1, 0.15) is 5.75 Å². The molecular weight excluding hydrogens is 412 g/mol. The van der Waals surface area contributed by atoms with E-state index in [2.05, 4.69) is 0 Å². The molecule has 0 aliphatic carbocycles. The number of halogens is 1. The maximum Gasteiger partial charge on any atom is 0.261 e. The Labute approximate surface area is 176 Å². The van der Waals surface area contributed by atoms with E-state index in [0.717, 1.165) is 11.3 Å². The summed E-state index contributed by atoms with van der Waals surface area (Å²) in [5.74, 6) is 0.407. The predicted molar refractivity (Wildman–Crippen MR) is 115 cm³/mol. The number of nitrogens with zero attached hydrogens (tertiary/aromatic N) is 2. The molecule has 1 aliphatic rings. The lowest BCUT2D eigenvalue weighted by atomic mass is 10.1. The number of ether oxygens (including phenoxy) is 1. The van der Waals surface area contributed by atoms with Gasteiger partial charge in [0.25, 0.3) is 5.91 Å². The Kier molecular flexibility index (Phi) is 6.70. The van der Waals surface area contributed by atoms with Gasteiger partial charge in [0.05, 0.1) is 11.5 Å². The number of amides is 1. The number of sulfone groups is 1. The Bertz CT molecular complexity index is 944. The first kappa shape index (κ1) is 21.5. The van der Waals surface area contributed by atoms with Gasteiger partial charge in [-0.2, -0.15) is 0 Å². The molecule has 0 N–H and O–H groups in total. The summed E-state index contributed by atoms with van der Waals surface area (Å²) in [6, 6.07) is 14.3. The second kappa shape index (κ2) is 9.05. The highest BCUT2D eigenvalue weighted by molar-refractivity contribution is 7.91. The van der Waals surface area contributed by atoms with Crippen LogP contribution in [0.1, 0.15) is 12.0 Å². The summed E-state index contributed by atoms with van der Waals surface area (Å²) in [7, 11) is 0.809. The molecule has 1 fully saturated rings. The van der Waals surface area contributed by atoms with Crippen LogP contribution in [0.4, 0.5) is 5.69 Å². The first-order valence-corrected chi connectivity index (χ1v) is 11.6. The van der Waals surface area contributed by atoms with Crippen molar-refractivity contribution in [1.29, 1.82) is 0 Å². The molecule has 8 heteroatoms. The third-order valence-electron chi connectivity index (χ3n) is 4.95. The first-order valence-electron chi connectivity index (χ1n) is 9.38. The molecule has 1 aliphatic heterocycles. The number of rotatable bonds is 7. The molecular formula is C21H25ClN2O4S. The van der Waals surface area contributed by atoms with Crippen molar-refractivity contribution in [3.63, 3.8) is 0 Å². The summed E-state index contributed by atoms with van der Waals surface area (Å²) < 4.78 is 29.5. The lowest BCUT2D eigenvalue weighted by Gasteiger charge is -2.28. The van der Waals surface area contributed by atoms with Crippen LogP contribution in [0, 0.1) is 0 Å². The van der Waals surface area contributed by atoms with E-state index in [1.165, 1.54) is 0 Å². The van der Waals surface area contributed by atoms with E-state index in [1.54, 1.807) is 29.2 Å². The van der Waals surface area contributed by atoms with Crippen molar-refractivity contribution in [2.24, 2.45) is 0 Å². The average molecular weight is 437 g/mol. The maximum absolute atomic E-state index is 12.9. The largest absolute Gasteiger partial charge is 0.484 e. The smallest absolute Gasteiger partial charge is 0.261 e. The SMILES string of the molecule is CN(C)c1ccc(CN(C(=O)COc2ccc(Cl)cc2)[C@@H]2CCS(=O)(=O)C2)cc1. The Balaban J connectivity index is 1.73. The standard InChI is InChI=1S/C21H25ClN2O4S/c1-23(2)18-7-3-16(4-8-18)13-24(19-11-12-29(26,27)15-19)21(25)14-28-20-9-5-17(22)6-10-20/h3-10,19H,11-15H2,1-2H3/t19-/m1/s1. The van der Waals surface area contributed by atoms with Crippen LogP contribution in [0.5, 0.6) is 5.75 Å². The highest BCUT2D eigenvalue weighted by atomic mass is 35.5. The third-order valence-corrected chi connectivity index (χ3v) is 6.95. The molecule has 2 aromatic rings. The molecule has 0 bridgehead atoms. The van der Waals surface area contributed by atoms with Gasteiger partial charge in [-0.15, -0.1) is 0 Å². The molecule has 29 heavy (non-hydrogen) atoms. The van der Waals surface area contributed by atoms with E-state index in [4.69, 9.17) is 16.3 Å². The Morgan fingerprint density at radius 3 is 2.31 bits per heavy atom. The van der Waals surface area contributed by atoms with E-state index >= 15 is 0 Å². The van der Waals surface area contributed by atoms with Crippen molar-refractivity contribution in [2.75, 3.05) is 37.1 Å². The predicted octanol–water partition coefficient (Wildman–Crippen LogP) is 3.00. The van der Waals surface area contributed by atoms with Crippen molar-refractivity contribution < 1.29 is 17.9 Å². The number of anilines is 1. The zero-order valence-corrected chi connectivity index (χ0v) is 18.1. The zero-order chi connectivity index (χ0) is 21.0. The second-order valence-corrected chi connectivity index (χ2v) is 10.0. The molecule has 156 valence electrons. The lowest BCUT2D eigenvalue weighted by molar-refractivity contribution is -0.136. The number of benzene rings is 2. The summed E-state index contributed by atoms with van der Waals surface area (Å²) in [6.07, 6.45) is 0.449. The van der Waals surface area contributed by atoms with Crippen LogP contribution in [-0.2, 0) is 21.2 Å². The highest BCUT2D eigenvalue weighted by Gasteiger charge is 2.34. The molecule has 1 saturated heterocycles. The average Bonchev–Trinajstić information content (AvgIpc) is 3.05. The summed E-state index contributed by atoms with van der Waals surface area (Å²) in [6.45, 7) is 0.185. The van der Waals surface area contributed by atoms with Crippen LogP contribution >= 0.6 is 11.6 Å².